The van der Waals surface area contributed by atoms with Crippen LogP contribution in [0.25, 0.3) is 11.5 Å². The Kier molecular flexibility index (Phi) is 6.70. The van der Waals surface area contributed by atoms with Crippen molar-refractivity contribution in [2.75, 3.05) is 0 Å². The molecule has 0 bridgehead atoms. The Morgan fingerprint density at radius 2 is 1.72 bits per heavy atom. The van der Waals surface area contributed by atoms with Gasteiger partial charge in [0.05, 0.1) is 17.6 Å². The van der Waals surface area contributed by atoms with E-state index in [-0.39, 0.29) is 28.5 Å². The first-order valence-corrected chi connectivity index (χ1v) is 11.6. The molecule has 4 heterocycles. The average Bonchev–Trinajstić information content (AvgIpc) is 3.20. The van der Waals surface area contributed by atoms with Crippen LogP contribution in [0, 0.1) is 32.4 Å². The summed E-state index contributed by atoms with van der Waals surface area (Å²) in [5, 5.41) is 4.54. The van der Waals surface area contributed by atoms with Gasteiger partial charge in [0.15, 0.2) is 11.6 Å². The molecule has 0 spiro atoms. The van der Waals surface area contributed by atoms with Crippen LogP contribution in [0.15, 0.2) is 41.5 Å². The zero-order valence-electron chi connectivity index (χ0n) is 20.9. The molecular weight excluding hydrogens is 488 g/mol. The third-order valence-corrected chi connectivity index (χ3v) is 6.07. The van der Waals surface area contributed by atoms with Gasteiger partial charge in [0, 0.05) is 41.2 Å². The van der Waals surface area contributed by atoms with Crippen LogP contribution >= 0.6 is 11.6 Å². The topological polar surface area (TPSA) is 74.8 Å². The van der Waals surface area contributed by atoms with Gasteiger partial charge in [-0.05, 0) is 32.4 Å². The van der Waals surface area contributed by atoms with Crippen molar-refractivity contribution >= 4 is 11.6 Å². The second-order valence-electron chi connectivity index (χ2n) is 9.64. The maximum atomic E-state index is 13.9. The molecule has 0 radical (unpaired) electrons. The van der Waals surface area contributed by atoms with Crippen LogP contribution in [0.4, 0.5) is 8.78 Å². The van der Waals surface area contributed by atoms with Crippen molar-refractivity contribution in [1.82, 2.24) is 24.3 Å². The normalized spacial score (nSPS) is 11.7. The number of hydrogen-bond acceptors (Lipinski definition) is 5. The predicted molar refractivity (Wildman–Crippen MR) is 133 cm³/mol. The van der Waals surface area contributed by atoms with Crippen molar-refractivity contribution in [3.05, 3.63) is 92.0 Å². The van der Waals surface area contributed by atoms with Crippen molar-refractivity contribution in [3.8, 4) is 17.3 Å². The third kappa shape index (κ3) is 4.88. The summed E-state index contributed by atoms with van der Waals surface area (Å²) >= 11 is 6.37. The monoisotopic (exact) mass is 513 g/mol. The zero-order valence-corrected chi connectivity index (χ0v) is 21.6. The minimum Gasteiger partial charge on any atom is -0.485 e. The Balaban J connectivity index is 1.73. The van der Waals surface area contributed by atoms with Gasteiger partial charge in [-0.15, -0.1) is 0 Å². The quantitative estimate of drug-likeness (QED) is 0.350. The highest BCUT2D eigenvalue weighted by molar-refractivity contribution is 6.31. The first-order valence-electron chi connectivity index (χ1n) is 11.3. The van der Waals surface area contributed by atoms with Gasteiger partial charge in [0.2, 0.25) is 0 Å². The van der Waals surface area contributed by atoms with E-state index in [4.69, 9.17) is 21.4 Å². The number of halogens is 3. The van der Waals surface area contributed by atoms with Crippen molar-refractivity contribution in [1.29, 1.82) is 0 Å². The van der Waals surface area contributed by atoms with Gasteiger partial charge in [-0.2, -0.15) is 5.10 Å². The molecule has 0 unspecified atom stereocenters. The molecule has 0 fully saturated rings. The molecule has 7 nitrogen and oxygen atoms in total. The van der Waals surface area contributed by atoms with E-state index in [9.17, 15) is 13.6 Å². The number of rotatable bonds is 5. The first-order chi connectivity index (χ1) is 16.9. The highest BCUT2D eigenvalue weighted by atomic mass is 35.5. The van der Waals surface area contributed by atoms with Crippen molar-refractivity contribution < 1.29 is 13.5 Å². The van der Waals surface area contributed by atoms with Crippen LogP contribution in [0.3, 0.4) is 0 Å². The molecule has 10 heteroatoms. The second-order valence-corrected chi connectivity index (χ2v) is 10.0. The third-order valence-electron chi connectivity index (χ3n) is 5.72. The first kappa shape index (κ1) is 25.5. The molecule has 0 saturated carbocycles. The van der Waals surface area contributed by atoms with E-state index in [0.29, 0.717) is 23.3 Å². The summed E-state index contributed by atoms with van der Waals surface area (Å²) in [5.41, 5.74) is 2.98. The predicted octanol–water partition coefficient (Wildman–Crippen LogP) is 5.55. The largest absolute Gasteiger partial charge is 0.485 e. The van der Waals surface area contributed by atoms with Gasteiger partial charge in [0.1, 0.15) is 28.9 Å². The lowest BCUT2D eigenvalue weighted by Crippen LogP contribution is -2.23. The Morgan fingerprint density at radius 1 is 1.00 bits per heavy atom. The number of nitrogens with zero attached hydrogens (tertiary/aromatic N) is 5. The number of hydrogen-bond donors (Lipinski definition) is 0. The van der Waals surface area contributed by atoms with Crippen LogP contribution in [0.1, 0.15) is 49.1 Å². The van der Waals surface area contributed by atoms with E-state index in [1.54, 1.807) is 29.9 Å². The molecule has 4 aromatic heterocycles. The van der Waals surface area contributed by atoms with E-state index >= 15 is 0 Å². The maximum Gasteiger partial charge on any atom is 0.277 e. The number of ether oxygens (including phenoxy) is 1. The van der Waals surface area contributed by atoms with E-state index in [1.165, 1.54) is 4.57 Å². The number of aromatic nitrogens is 5. The molecule has 0 saturated heterocycles. The molecule has 188 valence electrons. The Morgan fingerprint density at radius 3 is 2.36 bits per heavy atom. The van der Waals surface area contributed by atoms with E-state index < -0.39 is 17.2 Å². The van der Waals surface area contributed by atoms with E-state index in [1.807, 2.05) is 19.9 Å². The maximum absolute atomic E-state index is 13.9. The molecule has 0 aliphatic heterocycles. The van der Waals surface area contributed by atoms with Crippen molar-refractivity contribution in [2.24, 2.45) is 0 Å². The summed E-state index contributed by atoms with van der Waals surface area (Å²) in [5.74, 6) is -1.01. The molecule has 0 aliphatic rings. The Bertz CT molecular complexity index is 1520. The summed E-state index contributed by atoms with van der Waals surface area (Å²) in [6.45, 7) is 11.5. The van der Waals surface area contributed by atoms with Crippen molar-refractivity contribution in [2.45, 2.75) is 53.6 Å². The van der Waals surface area contributed by atoms with Gasteiger partial charge in [0.25, 0.3) is 5.56 Å². The Labute approximate surface area is 212 Å². The van der Waals surface area contributed by atoms with Crippen LogP contribution in [0.5, 0.6) is 5.75 Å². The van der Waals surface area contributed by atoms with Gasteiger partial charge in [-0.3, -0.25) is 14.3 Å². The Hall–Kier alpha value is -3.59. The summed E-state index contributed by atoms with van der Waals surface area (Å²) in [4.78, 5) is 21.5. The van der Waals surface area contributed by atoms with Gasteiger partial charge >= 0.3 is 0 Å². The molecule has 0 aliphatic carbocycles. The van der Waals surface area contributed by atoms with Crippen LogP contribution in [-0.2, 0) is 12.0 Å². The summed E-state index contributed by atoms with van der Waals surface area (Å²) < 4.78 is 35.8. The highest BCUT2D eigenvalue weighted by Crippen LogP contribution is 2.27. The fourth-order valence-electron chi connectivity index (χ4n) is 3.71. The molecular formula is C26H26ClF2N5O2. The molecule has 0 atom stereocenters. The molecule has 4 rings (SSSR count). The molecule has 0 N–H and O–H groups in total. The lowest BCUT2D eigenvalue weighted by Gasteiger charge is -2.17. The fraction of sp³-hybridized carbons (Fsp3) is 0.308. The summed E-state index contributed by atoms with van der Waals surface area (Å²) in [6.07, 6.45) is 2.57. The van der Waals surface area contributed by atoms with E-state index in [2.05, 4.69) is 30.7 Å². The fourth-order valence-corrected chi connectivity index (χ4v) is 3.91. The number of pyridine rings is 3. The standard InChI is InChI=1S/C26H26ClF2N5O2/c1-14-11-31-23(34-16(3)8-22(32-34)26(4,5)6)10-20(14)33-15(2)7-21(24(27)25(33)35)36-13-19-18(29)9-17(28)12-30-19/h7-12H,13H2,1-6H3. The van der Waals surface area contributed by atoms with Gasteiger partial charge in [-0.1, -0.05) is 32.4 Å². The lowest BCUT2D eigenvalue weighted by atomic mass is 9.92. The lowest BCUT2D eigenvalue weighted by molar-refractivity contribution is 0.292. The molecule has 4 aromatic rings. The smallest absolute Gasteiger partial charge is 0.277 e. The molecule has 0 aromatic carbocycles. The number of aryl methyl sites for hydroxylation is 3. The highest BCUT2D eigenvalue weighted by Gasteiger charge is 2.21. The average molecular weight is 514 g/mol. The van der Waals surface area contributed by atoms with Crippen molar-refractivity contribution in [3.63, 3.8) is 0 Å². The van der Waals surface area contributed by atoms with E-state index in [0.717, 1.165) is 23.1 Å². The van der Waals surface area contributed by atoms with Crippen LogP contribution in [-0.4, -0.2) is 24.3 Å². The minimum atomic E-state index is -0.848. The minimum absolute atomic E-state index is 0.0746. The summed E-state index contributed by atoms with van der Waals surface area (Å²) in [6, 6.07) is 6.10. The molecule has 36 heavy (non-hydrogen) atoms. The second kappa shape index (κ2) is 9.46. The SMILES string of the molecule is Cc1cnc(-n2nc(C(C)(C)C)cc2C)cc1-n1c(C)cc(OCc2ncc(F)cc2F)c(Cl)c1=O. The summed E-state index contributed by atoms with van der Waals surface area (Å²) in [7, 11) is 0. The van der Waals surface area contributed by atoms with Gasteiger partial charge in [-0.25, -0.2) is 18.4 Å². The van der Waals surface area contributed by atoms with Crippen LogP contribution in [0.2, 0.25) is 5.02 Å². The van der Waals surface area contributed by atoms with Gasteiger partial charge < -0.3 is 4.74 Å². The molecule has 0 amide bonds. The zero-order chi connectivity index (χ0) is 26.4. The van der Waals surface area contributed by atoms with Crippen LogP contribution < -0.4 is 10.3 Å².